The summed E-state index contributed by atoms with van der Waals surface area (Å²) in [4.78, 5) is 11.4. The van der Waals surface area contributed by atoms with Crippen molar-refractivity contribution in [2.75, 3.05) is 20.2 Å². The van der Waals surface area contributed by atoms with Crippen molar-refractivity contribution >= 4 is 16.0 Å². The molecule has 21 heavy (non-hydrogen) atoms. The van der Waals surface area contributed by atoms with Gasteiger partial charge in [0, 0.05) is 13.1 Å². The standard InChI is InChI=1S/C14H19NO5S/c1-10-8-11(4-5-12(10)20-3)21(18,19)15-7-6-14(2,9-15)13(16)17/h4-5,8H,6-7,9H2,1-3H3,(H,16,17). The predicted molar refractivity (Wildman–Crippen MR) is 76.8 cm³/mol. The maximum Gasteiger partial charge on any atom is 0.310 e. The maximum absolute atomic E-state index is 12.6. The van der Waals surface area contributed by atoms with Crippen LogP contribution in [0.15, 0.2) is 23.1 Å². The predicted octanol–water partition coefficient (Wildman–Crippen LogP) is 1.49. The highest BCUT2D eigenvalue weighted by Gasteiger charge is 2.44. The fourth-order valence-electron chi connectivity index (χ4n) is 2.46. The Kier molecular flexibility index (Phi) is 3.99. The molecule has 2 rings (SSSR count). The zero-order chi connectivity index (χ0) is 15.8. The molecule has 1 atom stereocenters. The van der Waals surface area contributed by atoms with Gasteiger partial charge in [-0.1, -0.05) is 0 Å². The molecule has 0 spiro atoms. The molecule has 6 nitrogen and oxygen atoms in total. The van der Waals surface area contributed by atoms with Crippen molar-refractivity contribution in [1.29, 1.82) is 0 Å². The number of rotatable bonds is 4. The van der Waals surface area contributed by atoms with Gasteiger partial charge < -0.3 is 9.84 Å². The number of ether oxygens (including phenoxy) is 1. The van der Waals surface area contributed by atoms with E-state index in [0.717, 1.165) is 5.56 Å². The molecule has 1 saturated heterocycles. The number of methoxy groups -OCH3 is 1. The minimum atomic E-state index is -3.68. The smallest absolute Gasteiger partial charge is 0.310 e. The first-order chi connectivity index (χ1) is 9.70. The summed E-state index contributed by atoms with van der Waals surface area (Å²) < 4.78 is 31.5. The fraction of sp³-hybridized carbons (Fsp3) is 0.500. The summed E-state index contributed by atoms with van der Waals surface area (Å²) in [5.74, 6) is -0.350. The number of hydrogen-bond donors (Lipinski definition) is 1. The zero-order valence-electron chi connectivity index (χ0n) is 12.3. The number of sulfonamides is 1. The molecule has 0 bridgehead atoms. The van der Waals surface area contributed by atoms with Gasteiger partial charge in [-0.2, -0.15) is 4.31 Å². The van der Waals surface area contributed by atoms with E-state index in [1.807, 2.05) is 0 Å². The molecule has 0 saturated carbocycles. The van der Waals surface area contributed by atoms with Gasteiger partial charge in [0.15, 0.2) is 0 Å². The van der Waals surface area contributed by atoms with E-state index in [1.165, 1.54) is 17.5 Å². The molecule has 1 heterocycles. The van der Waals surface area contributed by atoms with Crippen molar-refractivity contribution in [1.82, 2.24) is 4.31 Å². The highest BCUT2D eigenvalue weighted by molar-refractivity contribution is 7.89. The Morgan fingerprint density at radius 2 is 2.10 bits per heavy atom. The summed E-state index contributed by atoms with van der Waals surface area (Å²) in [7, 11) is -2.15. The van der Waals surface area contributed by atoms with Crippen molar-refractivity contribution in [2.24, 2.45) is 5.41 Å². The average molecular weight is 313 g/mol. The first-order valence-electron chi connectivity index (χ1n) is 6.59. The van der Waals surface area contributed by atoms with Crippen LogP contribution in [-0.4, -0.2) is 44.0 Å². The quantitative estimate of drug-likeness (QED) is 0.910. The van der Waals surface area contributed by atoms with Gasteiger partial charge in [-0.15, -0.1) is 0 Å². The van der Waals surface area contributed by atoms with Crippen LogP contribution in [0.5, 0.6) is 5.75 Å². The summed E-state index contributed by atoms with van der Waals surface area (Å²) in [5.41, 5.74) is -0.298. The molecule has 1 fully saturated rings. The van der Waals surface area contributed by atoms with Gasteiger partial charge >= 0.3 is 5.97 Å². The van der Waals surface area contributed by atoms with E-state index in [9.17, 15) is 18.3 Å². The Labute approximate surface area is 124 Å². The van der Waals surface area contributed by atoms with Crippen LogP contribution >= 0.6 is 0 Å². The van der Waals surface area contributed by atoms with Crippen LogP contribution in [0.2, 0.25) is 0 Å². The average Bonchev–Trinajstić information content (AvgIpc) is 2.83. The SMILES string of the molecule is COc1ccc(S(=O)(=O)N2CCC(C)(C(=O)O)C2)cc1C. The first kappa shape index (κ1) is 15.8. The van der Waals surface area contributed by atoms with Crippen LogP contribution in [-0.2, 0) is 14.8 Å². The normalized spacial score (nSPS) is 23.2. The number of carbonyl (C=O) groups is 1. The Balaban J connectivity index is 2.32. The van der Waals surface area contributed by atoms with E-state index in [1.54, 1.807) is 26.0 Å². The summed E-state index contributed by atoms with van der Waals surface area (Å²) in [6.45, 7) is 3.55. The highest BCUT2D eigenvalue weighted by atomic mass is 32.2. The van der Waals surface area contributed by atoms with Crippen LogP contribution in [0.1, 0.15) is 18.9 Å². The Hall–Kier alpha value is -1.60. The van der Waals surface area contributed by atoms with Gasteiger partial charge in [0.05, 0.1) is 17.4 Å². The van der Waals surface area contributed by atoms with Crippen molar-refractivity contribution in [2.45, 2.75) is 25.2 Å². The van der Waals surface area contributed by atoms with Gasteiger partial charge in [-0.3, -0.25) is 4.79 Å². The molecule has 0 radical (unpaired) electrons. The summed E-state index contributed by atoms with van der Waals surface area (Å²) in [6.07, 6.45) is 0.316. The van der Waals surface area contributed by atoms with Crippen LogP contribution in [0, 0.1) is 12.3 Å². The molecule has 1 aliphatic heterocycles. The molecule has 1 N–H and O–H groups in total. The van der Waals surface area contributed by atoms with E-state index in [4.69, 9.17) is 4.74 Å². The number of aliphatic carboxylic acids is 1. The molecule has 0 amide bonds. The van der Waals surface area contributed by atoms with Gasteiger partial charge in [0.2, 0.25) is 10.0 Å². The number of carboxylic acids is 1. The molecule has 0 aliphatic carbocycles. The molecule has 1 aromatic rings. The Morgan fingerprint density at radius 1 is 1.43 bits per heavy atom. The zero-order valence-corrected chi connectivity index (χ0v) is 13.1. The van der Waals surface area contributed by atoms with Crippen molar-refractivity contribution in [3.05, 3.63) is 23.8 Å². The Morgan fingerprint density at radius 3 is 2.57 bits per heavy atom. The van der Waals surface area contributed by atoms with E-state index >= 15 is 0 Å². The monoisotopic (exact) mass is 313 g/mol. The number of benzene rings is 1. The third-order valence-electron chi connectivity index (χ3n) is 3.96. The van der Waals surface area contributed by atoms with Gasteiger partial charge in [-0.25, -0.2) is 8.42 Å². The summed E-state index contributed by atoms with van der Waals surface area (Å²) in [5, 5.41) is 9.20. The van der Waals surface area contributed by atoms with Crippen molar-refractivity contribution in [3.8, 4) is 5.75 Å². The summed E-state index contributed by atoms with van der Waals surface area (Å²) >= 11 is 0. The lowest BCUT2D eigenvalue weighted by atomic mass is 9.90. The molecule has 1 unspecified atom stereocenters. The lowest BCUT2D eigenvalue weighted by Crippen LogP contribution is -2.34. The van der Waals surface area contributed by atoms with Crippen molar-refractivity contribution in [3.63, 3.8) is 0 Å². The van der Waals surface area contributed by atoms with E-state index in [0.29, 0.717) is 12.2 Å². The topological polar surface area (TPSA) is 83.9 Å². The van der Waals surface area contributed by atoms with Crippen LogP contribution < -0.4 is 4.74 Å². The number of nitrogens with zero attached hydrogens (tertiary/aromatic N) is 1. The second kappa shape index (κ2) is 5.31. The molecule has 0 aromatic heterocycles. The van der Waals surface area contributed by atoms with E-state index < -0.39 is 21.4 Å². The lowest BCUT2D eigenvalue weighted by molar-refractivity contribution is -0.146. The number of carboxylic acid groups (broad SMARTS) is 1. The van der Waals surface area contributed by atoms with Gasteiger partial charge in [-0.05, 0) is 44.0 Å². The first-order valence-corrected chi connectivity index (χ1v) is 8.03. The second-order valence-electron chi connectivity index (χ2n) is 5.59. The van der Waals surface area contributed by atoms with E-state index in [2.05, 4.69) is 0 Å². The molecule has 1 aromatic carbocycles. The third kappa shape index (κ3) is 2.75. The molecule has 116 valence electrons. The molecular weight excluding hydrogens is 294 g/mol. The van der Waals surface area contributed by atoms with Crippen LogP contribution in [0.25, 0.3) is 0 Å². The molecule has 1 aliphatic rings. The van der Waals surface area contributed by atoms with Crippen LogP contribution in [0.4, 0.5) is 0 Å². The molecular formula is C14H19NO5S. The second-order valence-corrected chi connectivity index (χ2v) is 7.52. The lowest BCUT2D eigenvalue weighted by Gasteiger charge is -2.20. The van der Waals surface area contributed by atoms with Gasteiger partial charge in [0.1, 0.15) is 5.75 Å². The third-order valence-corrected chi connectivity index (χ3v) is 5.80. The number of aryl methyl sites for hydroxylation is 1. The van der Waals surface area contributed by atoms with E-state index in [-0.39, 0.29) is 18.0 Å². The number of hydrogen-bond acceptors (Lipinski definition) is 4. The maximum atomic E-state index is 12.6. The largest absolute Gasteiger partial charge is 0.496 e. The Bertz CT molecular complexity index is 670. The van der Waals surface area contributed by atoms with Crippen LogP contribution in [0.3, 0.4) is 0 Å². The summed E-state index contributed by atoms with van der Waals surface area (Å²) in [6, 6.07) is 4.64. The fourth-order valence-corrected chi connectivity index (χ4v) is 4.11. The molecule has 7 heteroatoms. The van der Waals surface area contributed by atoms with Gasteiger partial charge in [0.25, 0.3) is 0 Å². The minimum Gasteiger partial charge on any atom is -0.496 e. The highest BCUT2D eigenvalue weighted by Crippen LogP contribution is 2.34. The van der Waals surface area contributed by atoms with Crippen molar-refractivity contribution < 1.29 is 23.1 Å². The minimum absolute atomic E-state index is 0.00422.